The lowest BCUT2D eigenvalue weighted by Crippen LogP contribution is -2.29. The van der Waals surface area contributed by atoms with Crippen molar-refractivity contribution in [2.24, 2.45) is 5.92 Å². The smallest absolute Gasteiger partial charge is 0.00413 e. The van der Waals surface area contributed by atoms with Crippen molar-refractivity contribution in [3.63, 3.8) is 0 Å². The number of rotatable bonds is 7. The maximum Gasteiger partial charge on any atom is 0.00413 e. The summed E-state index contributed by atoms with van der Waals surface area (Å²) in [4.78, 5) is 0. The highest BCUT2D eigenvalue weighted by atomic mass is 32.2. The molecule has 2 unspecified atom stereocenters. The molecule has 1 aliphatic carbocycles. The monoisotopic (exact) mass is 229 g/mol. The van der Waals surface area contributed by atoms with Crippen molar-refractivity contribution in [3.05, 3.63) is 0 Å². The predicted octanol–water partition coefficient (Wildman–Crippen LogP) is 3.69. The van der Waals surface area contributed by atoms with Crippen molar-refractivity contribution in [2.75, 3.05) is 12.8 Å². The molecule has 2 heteroatoms. The third-order valence-electron chi connectivity index (χ3n) is 3.61. The van der Waals surface area contributed by atoms with Gasteiger partial charge in [-0.25, -0.2) is 0 Å². The van der Waals surface area contributed by atoms with Gasteiger partial charge in [0.1, 0.15) is 0 Å². The Kier molecular flexibility index (Phi) is 6.74. The first-order valence-corrected chi connectivity index (χ1v) is 7.77. The van der Waals surface area contributed by atoms with Gasteiger partial charge in [-0.3, -0.25) is 0 Å². The Balaban J connectivity index is 2.00. The quantitative estimate of drug-likeness (QED) is 0.714. The maximum absolute atomic E-state index is 3.66. The Morgan fingerprint density at radius 2 is 1.93 bits per heavy atom. The zero-order valence-corrected chi connectivity index (χ0v) is 11.4. The van der Waals surface area contributed by atoms with Gasteiger partial charge in [-0.05, 0) is 38.5 Å². The molecule has 1 saturated carbocycles. The summed E-state index contributed by atoms with van der Waals surface area (Å²) in [5, 5.41) is 4.46. The van der Waals surface area contributed by atoms with E-state index in [1.165, 1.54) is 45.1 Å². The largest absolute Gasteiger partial charge is 0.314 e. The summed E-state index contributed by atoms with van der Waals surface area (Å²) >= 11 is 1.97. The molecule has 0 bridgehead atoms. The molecule has 15 heavy (non-hydrogen) atoms. The topological polar surface area (TPSA) is 12.0 Å². The van der Waals surface area contributed by atoms with Crippen LogP contribution in [0.3, 0.4) is 0 Å². The van der Waals surface area contributed by atoms with E-state index < -0.39 is 0 Å². The average molecular weight is 229 g/mol. The Hall–Kier alpha value is 0.310. The van der Waals surface area contributed by atoms with Gasteiger partial charge in [0, 0.05) is 11.3 Å². The van der Waals surface area contributed by atoms with Crippen molar-refractivity contribution >= 4 is 11.8 Å². The number of hydrogen-bond acceptors (Lipinski definition) is 2. The first kappa shape index (κ1) is 13.4. The minimum Gasteiger partial charge on any atom is -0.314 e. The predicted molar refractivity (Wildman–Crippen MR) is 71.6 cm³/mol. The minimum atomic E-state index is 0.724. The van der Waals surface area contributed by atoms with Crippen molar-refractivity contribution in [1.29, 1.82) is 0 Å². The second-order valence-electron chi connectivity index (χ2n) is 5.08. The molecule has 0 aromatic heterocycles. The van der Waals surface area contributed by atoms with Gasteiger partial charge in [0.05, 0.1) is 0 Å². The molecule has 0 aliphatic heterocycles. The van der Waals surface area contributed by atoms with E-state index in [0.29, 0.717) is 0 Å². The van der Waals surface area contributed by atoms with Crippen molar-refractivity contribution in [1.82, 2.24) is 5.32 Å². The molecule has 0 amide bonds. The molecule has 1 rings (SSSR count). The van der Waals surface area contributed by atoms with Crippen molar-refractivity contribution in [3.8, 4) is 0 Å². The summed E-state index contributed by atoms with van der Waals surface area (Å²) in [7, 11) is 0. The van der Waals surface area contributed by atoms with Crippen LogP contribution in [0.15, 0.2) is 0 Å². The third-order valence-corrected chi connectivity index (χ3v) is 4.65. The average Bonchev–Trinajstić information content (AvgIpc) is 2.70. The lowest BCUT2D eigenvalue weighted by atomic mass is 9.99. The van der Waals surface area contributed by atoms with Gasteiger partial charge in [0.15, 0.2) is 0 Å². The molecule has 1 nitrogen and oxygen atoms in total. The van der Waals surface area contributed by atoms with Crippen LogP contribution < -0.4 is 5.32 Å². The van der Waals surface area contributed by atoms with Gasteiger partial charge in [-0.15, -0.1) is 0 Å². The Morgan fingerprint density at radius 1 is 1.27 bits per heavy atom. The van der Waals surface area contributed by atoms with E-state index >= 15 is 0 Å². The van der Waals surface area contributed by atoms with E-state index in [2.05, 4.69) is 25.4 Å². The molecule has 1 aliphatic rings. The molecular formula is C13H27NS. The number of nitrogens with one attached hydrogen (secondary N) is 1. The summed E-state index contributed by atoms with van der Waals surface area (Å²) in [5.74, 6) is 1.02. The van der Waals surface area contributed by atoms with Crippen LogP contribution in [0.25, 0.3) is 0 Å². The molecule has 0 radical (unpaired) electrons. The van der Waals surface area contributed by atoms with Crippen LogP contribution in [0, 0.1) is 5.92 Å². The van der Waals surface area contributed by atoms with Crippen LogP contribution in [0.2, 0.25) is 0 Å². The molecule has 2 atom stereocenters. The van der Waals surface area contributed by atoms with E-state index in [1.54, 1.807) is 0 Å². The fraction of sp³-hybridized carbons (Fsp3) is 1.00. The second kappa shape index (κ2) is 7.56. The summed E-state index contributed by atoms with van der Waals surface area (Å²) in [6.45, 7) is 5.85. The standard InChI is InChI=1S/C13H27NS/c1-11(10-13-6-4-5-7-13)14-9-8-12(2)15-3/h11-14H,4-10H2,1-3H3. The van der Waals surface area contributed by atoms with Gasteiger partial charge in [-0.1, -0.05) is 32.6 Å². The summed E-state index contributed by atoms with van der Waals surface area (Å²) < 4.78 is 0. The lowest BCUT2D eigenvalue weighted by molar-refractivity contribution is 0.404. The molecule has 0 spiro atoms. The van der Waals surface area contributed by atoms with E-state index in [9.17, 15) is 0 Å². The highest BCUT2D eigenvalue weighted by Crippen LogP contribution is 2.28. The maximum atomic E-state index is 3.66. The van der Waals surface area contributed by atoms with E-state index in [1.807, 2.05) is 11.8 Å². The van der Waals surface area contributed by atoms with E-state index in [4.69, 9.17) is 0 Å². The molecule has 0 aromatic rings. The SMILES string of the molecule is CSC(C)CCNC(C)CC1CCCC1. The van der Waals surface area contributed by atoms with Crippen LogP contribution in [0.1, 0.15) is 52.4 Å². The fourth-order valence-electron chi connectivity index (χ4n) is 2.48. The Labute approximate surface area is 99.8 Å². The number of hydrogen-bond donors (Lipinski definition) is 1. The molecule has 1 N–H and O–H groups in total. The highest BCUT2D eigenvalue weighted by Gasteiger charge is 2.17. The fourth-order valence-corrected chi connectivity index (χ4v) is 2.83. The first-order valence-electron chi connectivity index (χ1n) is 6.48. The second-order valence-corrected chi connectivity index (χ2v) is 6.35. The van der Waals surface area contributed by atoms with Gasteiger partial charge in [0.25, 0.3) is 0 Å². The summed E-state index contributed by atoms with van der Waals surface area (Å²) in [6, 6.07) is 0.724. The third kappa shape index (κ3) is 5.82. The van der Waals surface area contributed by atoms with Crippen LogP contribution in [0.5, 0.6) is 0 Å². The Morgan fingerprint density at radius 3 is 2.53 bits per heavy atom. The van der Waals surface area contributed by atoms with E-state index in [0.717, 1.165) is 17.2 Å². The van der Waals surface area contributed by atoms with Crippen molar-refractivity contribution < 1.29 is 0 Å². The highest BCUT2D eigenvalue weighted by molar-refractivity contribution is 7.99. The van der Waals surface area contributed by atoms with Crippen LogP contribution in [-0.4, -0.2) is 24.1 Å². The van der Waals surface area contributed by atoms with Gasteiger partial charge in [0.2, 0.25) is 0 Å². The first-order chi connectivity index (χ1) is 7.22. The normalized spacial score (nSPS) is 21.8. The summed E-state index contributed by atoms with van der Waals surface area (Å²) in [5.41, 5.74) is 0. The molecule has 1 fully saturated rings. The van der Waals surface area contributed by atoms with Gasteiger partial charge in [-0.2, -0.15) is 11.8 Å². The van der Waals surface area contributed by atoms with Crippen LogP contribution in [-0.2, 0) is 0 Å². The molecular weight excluding hydrogens is 202 g/mol. The zero-order chi connectivity index (χ0) is 11.1. The molecule has 90 valence electrons. The van der Waals surface area contributed by atoms with Gasteiger partial charge >= 0.3 is 0 Å². The van der Waals surface area contributed by atoms with Gasteiger partial charge < -0.3 is 5.32 Å². The Bertz CT molecular complexity index is 155. The zero-order valence-electron chi connectivity index (χ0n) is 10.6. The number of thioether (sulfide) groups is 1. The van der Waals surface area contributed by atoms with E-state index in [-0.39, 0.29) is 0 Å². The summed E-state index contributed by atoms with van der Waals surface area (Å²) in [6.07, 6.45) is 10.8. The van der Waals surface area contributed by atoms with Crippen LogP contribution >= 0.6 is 11.8 Å². The molecule has 0 saturated heterocycles. The van der Waals surface area contributed by atoms with Crippen LogP contribution in [0.4, 0.5) is 0 Å². The molecule has 0 heterocycles. The lowest BCUT2D eigenvalue weighted by Gasteiger charge is -2.18. The minimum absolute atomic E-state index is 0.724. The van der Waals surface area contributed by atoms with Crippen molar-refractivity contribution in [2.45, 2.75) is 63.7 Å². The molecule has 0 aromatic carbocycles.